The molecule has 2 heterocycles. The van der Waals surface area contributed by atoms with Crippen LogP contribution in [0.3, 0.4) is 0 Å². The number of amides is 2. The van der Waals surface area contributed by atoms with E-state index >= 15 is 0 Å². The number of H-pyrrole nitrogens is 1. The summed E-state index contributed by atoms with van der Waals surface area (Å²) in [6.07, 6.45) is 3.75. The van der Waals surface area contributed by atoms with Crippen LogP contribution < -0.4 is 5.32 Å². The third-order valence-corrected chi connectivity index (χ3v) is 3.72. The number of aromatic nitrogens is 3. The Morgan fingerprint density at radius 3 is 2.84 bits per heavy atom. The first kappa shape index (κ1) is 12.1. The summed E-state index contributed by atoms with van der Waals surface area (Å²) < 4.78 is 0. The molecule has 0 radical (unpaired) electrons. The van der Waals surface area contributed by atoms with Crippen LogP contribution in [0, 0.1) is 0 Å². The number of hydrogen-bond donors (Lipinski definition) is 2. The Morgan fingerprint density at radius 1 is 1.37 bits per heavy atom. The molecule has 2 aliphatic rings. The van der Waals surface area contributed by atoms with E-state index in [1.807, 2.05) is 0 Å². The van der Waals surface area contributed by atoms with Crippen LogP contribution in [0.5, 0.6) is 0 Å². The van der Waals surface area contributed by atoms with Crippen molar-refractivity contribution >= 4 is 11.8 Å². The molecule has 2 fully saturated rings. The summed E-state index contributed by atoms with van der Waals surface area (Å²) in [7, 11) is 1.58. The Kier molecular flexibility index (Phi) is 2.96. The predicted octanol–water partition coefficient (Wildman–Crippen LogP) is 0.0327. The lowest BCUT2D eigenvalue weighted by Crippen LogP contribution is -2.45. The number of likely N-dealkylation sites (N-methyl/N-ethyl adjacent to an activating group) is 1. The second-order valence-corrected chi connectivity index (χ2v) is 5.09. The van der Waals surface area contributed by atoms with Crippen LogP contribution in [0.15, 0.2) is 0 Å². The molecule has 19 heavy (non-hydrogen) atoms. The maximum absolute atomic E-state index is 12.3. The monoisotopic (exact) mass is 263 g/mol. The van der Waals surface area contributed by atoms with E-state index in [9.17, 15) is 9.59 Å². The summed E-state index contributed by atoms with van der Waals surface area (Å²) in [6.45, 7) is 0.588. The van der Waals surface area contributed by atoms with Gasteiger partial charge in [-0.1, -0.05) is 0 Å². The highest BCUT2D eigenvalue weighted by Gasteiger charge is 2.36. The highest BCUT2D eigenvalue weighted by atomic mass is 16.2. The summed E-state index contributed by atoms with van der Waals surface area (Å²) in [4.78, 5) is 29.9. The molecule has 7 heteroatoms. The number of nitrogens with one attached hydrogen (secondary N) is 2. The van der Waals surface area contributed by atoms with Gasteiger partial charge in [0.05, 0.1) is 0 Å². The van der Waals surface area contributed by atoms with E-state index in [0.717, 1.165) is 25.1 Å². The first-order valence-electron chi connectivity index (χ1n) is 6.65. The predicted molar refractivity (Wildman–Crippen MR) is 66.5 cm³/mol. The molecule has 0 aromatic carbocycles. The van der Waals surface area contributed by atoms with Gasteiger partial charge in [0.2, 0.25) is 11.7 Å². The Hall–Kier alpha value is -1.92. The van der Waals surface area contributed by atoms with Crippen molar-refractivity contribution in [3.05, 3.63) is 11.6 Å². The molecule has 3 rings (SSSR count). The average molecular weight is 263 g/mol. The SMILES string of the molecule is CNC(=O)C1CCCN1C(=O)c1n[nH]c(C2CC2)n1. The molecule has 0 bridgehead atoms. The van der Waals surface area contributed by atoms with E-state index in [4.69, 9.17) is 0 Å². The smallest absolute Gasteiger partial charge is 0.294 e. The Balaban J connectivity index is 1.76. The topological polar surface area (TPSA) is 91.0 Å². The molecule has 0 spiro atoms. The molecule has 7 nitrogen and oxygen atoms in total. The zero-order valence-corrected chi connectivity index (χ0v) is 10.8. The zero-order chi connectivity index (χ0) is 13.4. The van der Waals surface area contributed by atoms with Gasteiger partial charge in [-0.25, -0.2) is 4.98 Å². The van der Waals surface area contributed by atoms with Crippen LogP contribution in [0.2, 0.25) is 0 Å². The second kappa shape index (κ2) is 4.64. The van der Waals surface area contributed by atoms with Gasteiger partial charge in [0.1, 0.15) is 11.9 Å². The quantitative estimate of drug-likeness (QED) is 0.805. The van der Waals surface area contributed by atoms with Crippen LogP contribution in [-0.2, 0) is 4.79 Å². The van der Waals surface area contributed by atoms with E-state index in [-0.39, 0.29) is 23.7 Å². The third kappa shape index (κ3) is 2.20. The fourth-order valence-corrected chi connectivity index (χ4v) is 2.49. The molecule has 1 aromatic heterocycles. The lowest BCUT2D eigenvalue weighted by molar-refractivity contribution is -0.124. The van der Waals surface area contributed by atoms with Crippen molar-refractivity contribution in [2.45, 2.75) is 37.6 Å². The minimum Gasteiger partial charge on any atom is -0.357 e. The molecule has 2 amide bonds. The summed E-state index contributed by atoms with van der Waals surface area (Å²) in [5.41, 5.74) is 0. The summed E-state index contributed by atoms with van der Waals surface area (Å²) in [6, 6.07) is -0.389. The third-order valence-electron chi connectivity index (χ3n) is 3.72. The van der Waals surface area contributed by atoms with Gasteiger partial charge in [0, 0.05) is 19.5 Å². The lowest BCUT2D eigenvalue weighted by Gasteiger charge is -2.21. The molecule has 1 unspecified atom stereocenters. The highest BCUT2D eigenvalue weighted by molar-refractivity contribution is 5.95. The van der Waals surface area contributed by atoms with Gasteiger partial charge in [0.15, 0.2) is 0 Å². The van der Waals surface area contributed by atoms with E-state index in [2.05, 4.69) is 20.5 Å². The van der Waals surface area contributed by atoms with Gasteiger partial charge < -0.3 is 10.2 Å². The van der Waals surface area contributed by atoms with Gasteiger partial charge in [-0.15, -0.1) is 5.10 Å². The standard InChI is InChI=1S/C12H17N5O2/c1-13-11(18)8-3-2-6-17(8)12(19)10-14-9(15-16-10)7-4-5-7/h7-8H,2-6H2,1H3,(H,13,18)(H,14,15,16). The molecule has 1 aromatic rings. The summed E-state index contributed by atoms with van der Waals surface area (Å²) >= 11 is 0. The second-order valence-electron chi connectivity index (χ2n) is 5.09. The minimum atomic E-state index is -0.389. The summed E-state index contributed by atoms with van der Waals surface area (Å²) in [5.74, 6) is 1.03. The van der Waals surface area contributed by atoms with Gasteiger partial charge in [-0.3, -0.25) is 14.7 Å². The van der Waals surface area contributed by atoms with Gasteiger partial charge in [-0.05, 0) is 25.7 Å². The van der Waals surface area contributed by atoms with Crippen molar-refractivity contribution in [2.24, 2.45) is 0 Å². The summed E-state index contributed by atoms with van der Waals surface area (Å²) in [5, 5.41) is 9.40. The molecule has 1 saturated heterocycles. The van der Waals surface area contributed by atoms with Crippen molar-refractivity contribution in [3.63, 3.8) is 0 Å². The van der Waals surface area contributed by atoms with Gasteiger partial charge in [-0.2, -0.15) is 0 Å². The largest absolute Gasteiger partial charge is 0.357 e. The van der Waals surface area contributed by atoms with Crippen LogP contribution in [-0.4, -0.2) is 51.5 Å². The van der Waals surface area contributed by atoms with Crippen molar-refractivity contribution in [1.29, 1.82) is 0 Å². The molecular weight excluding hydrogens is 246 g/mol. The van der Waals surface area contributed by atoms with E-state index < -0.39 is 0 Å². The average Bonchev–Trinajstić information content (AvgIpc) is 2.97. The molecule has 1 aliphatic heterocycles. The lowest BCUT2D eigenvalue weighted by atomic mass is 10.2. The van der Waals surface area contributed by atoms with E-state index in [1.165, 1.54) is 0 Å². The number of likely N-dealkylation sites (tertiary alicyclic amines) is 1. The molecule has 1 aliphatic carbocycles. The van der Waals surface area contributed by atoms with Crippen LogP contribution >= 0.6 is 0 Å². The molecule has 1 atom stereocenters. The Bertz CT molecular complexity index is 508. The number of hydrogen-bond acceptors (Lipinski definition) is 4. The van der Waals surface area contributed by atoms with Gasteiger partial charge in [0.25, 0.3) is 5.91 Å². The van der Waals surface area contributed by atoms with Crippen LogP contribution in [0.25, 0.3) is 0 Å². The number of carbonyl (C=O) groups excluding carboxylic acids is 2. The Morgan fingerprint density at radius 2 is 2.16 bits per heavy atom. The fraction of sp³-hybridized carbons (Fsp3) is 0.667. The molecule has 102 valence electrons. The van der Waals surface area contributed by atoms with E-state index in [0.29, 0.717) is 18.9 Å². The number of aromatic amines is 1. The zero-order valence-electron chi connectivity index (χ0n) is 10.8. The first-order valence-corrected chi connectivity index (χ1v) is 6.65. The number of nitrogens with zero attached hydrogens (tertiary/aromatic N) is 3. The highest BCUT2D eigenvalue weighted by Crippen LogP contribution is 2.37. The number of carbonyl (C=O) groups is 2. The van der Waals surface area contributed by atoms with Crippen molar-refractivity contribution in [1.82, 2.24) is 25.4 Å². The van der Waals surface area contributed by atoms with Crippen molar-refractivity contribution in [3.8, 4) is 0 Å². The van der Waals surface area contributed by atoms with Crippen molar-refractivity contribution in [2.75, 3.05) is 13.6 Å². The molecular formula is C12H17N5O2. The maximum Gasteiger partial charge on any atom is 0.294 e. The molecule has 1 saturated carbocycles. The van der Waals surface area contributed by atoms with Crippen molar-refractivity contribution < 1.29 is 9.59 Å². The van der Waals surface area contributed by atoms with Crippen LogP contribution in [0.1, 0.15) is 48.0 Å². The normalized spacial score (nSPS) is 22.6. The van der Waals surface area contributed by atoms with E-state index in [1.54, 1.807) is 11.9 Å². The maximum atomic E-state index is 12.3. The Labute approximate surface area is 110 Å². The van der Waals surface area contributed by atoms with Gasteiger partial charge >= 0.3 is 0 Å². The molecule has 2 N–H and O–H groups in total. The minimum absolute atomic E-state index is 0.121. The van der Waals surface area contributed by atoms with Crippen LogP contribution in [0.4, 0.5) is 0 Å². The first-order chi connectivity index (χ1) is 9.20. The number of rotatable bonds is 3. The fourth-order valence-electron chi connectivity index (χ4n) is 2.49.